The monoisotopic (exact) mass is 170 g/mol. The molecule has 1 aliphatic carbocycles. The molecular formula is C10H22N2. The van der Waals surface area contributed by atoms with E-state index in [1.165, 1.54) is 32.2 Å². The molecule has 0 aromatic heterocycles. The smallest absolute Gasteiger partial charge is 0.00923 e. The van der Waals surface area contributed by atoms with Crippen molar-refractivity contribution in [2.24, 2.45) is 11.7 Å². The van der Waals surface area contributed by atoms with Crippen molar-refractivity contribution in [3.8, 4) is 0 Å². The molecule has 0 aliphatic heterocycles. The second kappa shape index (κ2) is 4.83. The summed E-state index contributed by atoms with van der Waals surface area (Å²) in [5, 5.41) is 0. The van der Waals surface area contributed by atoms with E-state index < -0.39 is 0 Å². The Hall–Kier alpha value is -0.0800. The van der Waals surface area contributed by atoms with E-state index in [-0.39, 0.29) is 0 Å². The van der Waals surface area contributed by atoms with Crippen molar-refractivity contribution in [2.45, 2.75) is 38.6 Å². The Kier molecular flexibility index (Phi) is 4.02. The number of hydrogen-bond donors (Lipinski definition) is 1. The van der Waals surface area contributed by atoms with E-state index in [9.17, 15) is 0 Å². The molecule has 0 spiro atoms. The van der Waals surface area contributed by atoms with Crippen LogP contribution in [0.1, 0.15) is 32.6 Å². The van der Waals surface area contributed by atoms with Gasteiger partial charge in [-0.2, -0.15) is 0 Å². The van der Waals surface area contributed by atoms with Crippen LogP contribution in [0, 0.1) is 5.92 Å². The summed E-state index contributed by atoms with van der Waals surface area (Å²) < 4.78 is 0. The van der Waals surface area contributed by atoms with Gasteiger partial charge in [-0.15, -0.1) is 0 Å². The lowest BCUT2D eigenvalue weighted by atomic mass is 10.1. The van der Waals surface area contributed by atoms with E-state index >= 15 is 0 Å². The van der Waals surface area contributed by atoms with Gasteiger partial charge in [-0.1, -0.05) is 19.8 Å². The molecule has 2 N–H and O–H groups in total. The molecule has 1 saturated carbocycles. The van der Waals surface area contributed by atoms with Crippen molar-refractivity contribution in [2.75, 3.05) is 20.1 Å². The summed E-state index contributed by atoms with van der Waals surface area (Å²) in [6, 6.07) is 0.846. The van der Waals surface area contributed by atoms with Crippen LogP contribution in [0.4, 0.5) is 0 Å². The van der Waals surface area contributed by atoms with Gasteiger partial charge < -0.3 is 10.6 Å². The minimum atomic E-state index is 0.649. The van der Waals surface area contributed by atoms with E-state index in [1.807, 2.05) is 0 Å². The van der Waals surface area contributed by atoms with Crippen LogP contribution in [-0.2, 0) is 0 Å². The molecule has 72 valence electrons. The molecule has 0 aromatic rings. The van der Waals surface area contributed by atoms with Gasteiger partial charge in [0.2, 0.25) is 0 Å². The van der Waals surface area contributed by atoms with E-state index in [2.05, 4.69) is 18.9 Å². The highest BCUT2D eigenvalue weighted by Crippen LogP contribution is 2.22. The van der Waals surface area contributed by atoms with Crippen LogP contribution in [-0.4, -0.2) is 31.1 Å². The first-order chi connectivity index (χ1) is 5.74. The summed E-state index contributed by atoms with van der Waals surface area (Å²) in [4.78, 5) is 2.49. The second-order valence-electron chi connectivity index (χ2n) is 4.22. The summed E-state index contributed by atoms with van der Waals surface area (Å²) in [5.41, 5.74) is 5.59. The Labute approximate surface area is 76.1 Å². The average molecular weight is 170 g/mol. The summed E-state index contributed by atoms with van der Waals surface area (Å²) >= 11 is 0. The fourth-order valence-electron chi connectivity index (χ4n) is 2.06. The topological polar surface area (TPSA) is 29.3 Å². The molecule has 0 radical (unpaired) electrons. The van der Waals surface area contributed by atoms with Crippen molar-refractivity contribution >= 4 is 0 Å². The standard InChI is InChI=1S/C10H22N2/c1-9(7-11)8-12(2)10-5-3-4-6-10/h9-10H,3-8,11H2,1-2H3. The molecule has 2 heteroatoms. The molecule has 1 aliphatic rings. The van der Waals surface area contributed by atoms with Crippen molar-refractivity contribution in [1.29, 1.82) is 0 Å². The highest BCUT2D eigenvalue weighted by atomic mass is 15.1. The van der Waals surface area contributed by atoms with Crippen molar-refractivity contribution in [1.82, 2.24) is 4.90 Å². The van der Waals surface area contributed by atoms with Gasteiger partial charge in [0.25, 0.3) is 0 Å². The molecule has 0 amide bonds. The third-order valence-electron chi connectivity index (χ3n) is 2.95. The number of nitrogens with zero attached hydrogens (tertiary/aromatic N) is 1. The minimum absolute atomic E-state index is 0.649. The zero-order valence-electron chi connectivity index (χ0n) is 8.42. The van der Waals surface area contributed by atoms with Gasteiger partial charge in [-0.3, -0.25) is 0 Å². The molecular weight excluding hydrogens is 148 g/mol. The van der Waals surface area contributed by atoms with Crippen LogP contribution in [0.15, 0.2) is 0 Å². The molecule has 0 saturated heterocycles. The summed E-state index contributed by atoms with van der Waals surface area (Å²) in [5.74, 6) is 0.649. The first kappa shape index (κ1) is 10.0. The molecule has 1 rings (SSSR count). The van der Waals surface area contributed by atoms with Crippen LogP contribution in [0.25, 0.3) is 0 Å². The highest BCUT2D eigenvalue weighted by Gasteiger charge is 2.19. The fraction of sp³-hybridized carbons (Fsp3) is 1.00. The fourth-order valence-corrected chi connectivity index (χ4v) is 2.06. The largest absolute Gasteiger partial charge is 0.330 e. The predicted molar refractivity (Wildman–Crippen MR) is 53.1 cm³/mol. The zero-order valence-corrected chi connectivity index (χ0v) is 8.42. The van der Waals surface area contributed by atoms with E-state index in [0.29, 0.717) is 5.92 Å². The lowest BCUT2D eigenvalue weighted by molar-refractivity contribution is 0.216. The van der Waals surface area contributed by atoms with Gasteiger partial charge in [-0.25, -0.2) is 0 Å². The van der Waals surface area contributed by atoms with Crippen molar-refractivity contribution in [3.63, 3.8) is 0 Å². The second-order valence-corrected chi connectivity index (χ2v) is 4.22. The number of nitrogens with two attached hydrogens (primary N) is 1. The van der Waals surface area contributed by atoms with Gasteiger partial charge >= 0.3 is 0 Å². The number of hydrogen-bond acceptors (Lipinski definition) is 2. The van der Waals surface area contributed by atoms with Gasteiger partial charge in [-0.05, 0) is 32.4 Å². The molecule has 12 heavy (non-hydrogen) atoms. The Bertz CT molecular complexity index is 119. The van der Waals surface area contributed by atoms with E-state index in [1.54, 1.807) is 0 Å². The first-order valence-electron chi connectivity index (χ1n) is 5.14. The lowest BCUT2D eigenvalue weighted by Gasteiger charge is -2.26. The Morgan fingerprint density at radius 1 is 1.42 bits per heavy atom. The molecule has 0 bridgehead atoms. The molecule has 2 nitrogen and oxygen atoms in total. The van der Waals surface area contributed by atoms with Crippen LogP contribution < -0.4 is 5.73 Å². The molecule has 1 fully saturated rings. The SMILES string of the molecule is CC(CN)CN(C)C1CCCC1. The average Bonchev–Trinajstić information content (AvgIpc) is 2.56. The lowest BCUT2D eigenvalue weighted by Crippen LogP contribution is -2.35. The van der Waals surface area contributed by atoms with E-state index in [4.69, 9.17) is 5.73 Å². The van der Waals surface area contributed by atoms with Gasteiger partial charge in [0.15, 0.2) is 0 Å². The molecule has 1 atom stereocenters. The summed E-state index contributed by atoms with van der Waals surface area (Å²) in [7, 11) is 2.24. The Morgan fingerprint density at radius 2 is 2.00 bits per heavy atom. The van der Waals surface area contributed by atoms with Crippen LogP contribution in [0.5, 0.6) is 0 Å². The van der Waals surface area contributed by atoms with E-state index in [0.717, 1.165) is 12.6 Å². The summed E-state index contributed by atoms with van der Waals surface area (Å²) in [6.45, 7) is 4.21. The van der Waals surface area contributed by atoms with Gasteiger partial charge in [0.05, 0.1) is 0 Å². The molecule has 1 unspecified atom stereocenters. The summed E-state index contributed by atoms with van der Waals surface area (Å²) in [6.07, 6.45) is 5.64. The maximum absolute atomic E-state index is 5.59. The third-order valence-corrected chi connectivity index (χ3v) is 2.95. The molecule has 0 heterocycles. The maximum Gasteiger partial charge on any atom is 0.00923 e. The van der Waals surface area contributed by atoms with Gasteiger partial charge in [0, 0.05) is 12.6 Å². The number of rotatable bonds is 4. The Morgan fingerprint density at radius 3 is 2.50 bits per heavy atom. The third kappa shape index (κ3) is 2.76. The Balaban J connectivity index is 2.21. The first-order valence-corrected chi connectivity index (χ1v) is 5.14. The van der Waals surface area contributed by atoms with Crippen LogP contribution >= 0.6 is 0 Å². The van der Waals surface area contributed by atoms with Crippen LogP contribution in [0.3, 0.4) is 0 Å². The highest BCUT2D eigenvalue weighted by molar-refractivity contribution is 4.76. The quantitative estimate of drug-likeness (QED) is 0.692. The van der Waals surface area contributed by atoms with Crippen molar-refractivity contribution in [3.05, 3.63) is 0 Å². The predicted octanol–water partition coefficient (Wildman–Crippen LogP) is 1.46. The normalized spacial score (nSPS) is 22.0. The zero-order chi connectivity index (χ0) is 8.97. The molecule has 0 aromatic carbocycles. The maximum atomic E-state index is 5.59. The van der Waals surface area contributed by atoms with Gasteiger partial charge in [0.1, 0.15) is 0 Å². The van der Waals surface area contributed by atoms with Crippen LogP contribution in [0.2, 0.25) is 0 Å². The van der Waals surface area contributed by atoms with Crippen molar-refractivity contribution < 1.29 is 0 Å². The minimum Gasteiger partial charge on any atom is -0.330 e.